The fourth-order valence-corrected chi connectivity index (χ4v) is 3.61. The van der Waals surface area contributed by atoms with Crippen LogP contribution in [0.25, 0.3) is 0 Å². The third kappa shape index (κ3) is 6.75. The summed E-state index contributed by atoms with van der Waals surface area (Å²) in [6, 6.07) is 12.6. The van der Waals surface area contributed by atoms with Gasteiger partial charge in [-0.05, 0) is 49.9 Å². The first-order valence-electron chi connectivity index (χ1n) is 10.3. The summed E-state index contributed by atoms with van der Waals surface area (Å²) < 4.78 is 0. The fraction of sp³-hybridized carbons (Fsp3) is 0.417. The van der Waals surface area contributed by atoms with E-state index in [-0.39, 0.29) is 30.8 Å². The zero-order valence-electron chi connectivity index (χ0n) is 18.0. The summed E-state index contributed by atoms with van der Waals surface area (Å²) in [7, 11) is 0. The van der Waals surface area contributed by atoms with Crippen LogP contribution in [0, 0.1) is 6.92 Å². The maximum atomic E-state index is 13.3. The van der Waals surface area contributed by atoms with Crippen molar-refractivity contribution < 1.29 is 9.59 Å². The maximum absolute atomic E-state index is 13.3. The quantitative estimate of drug-likeness (QED) is 0.545. The van der Waals surface area contributed by atoms with E-state index in [9.17, 15) is 9.59 Å². The van der Waals surface area contributed by atoms with E-state index in [0.29, 0.717) is 16.5 Å². The molecule has 2 atom stereocenters. The van der Waals surface area contributed by atoms with Gasteiger partial charge in [-0.1, -0.05) is 72.9 Å². The molecule has 2 rings (SSSR count). The Morgan fingerprint density at radius 1 is 1.00 bits per heavy atom. The Labute approximate surface area is 189 Å². The second kappa shape index (κ2) is 11.4. The average Bonchev–Trinajstić information content (AvgIpc) is 2.70. The minimum atomic E-state index is -0.564. The van der Waals surface area contributed by atoms with Crippen LogP contribution in [0.4, 0.5) is 0 Å². The van der Waals surface area contributed by atoms with Crippen molar-refractivity contribution in [2.75, 3.05) is 0 Å². The Morgan fingerprint density at radius 3 is 2.33 bits per heavy atom. The number of carbonyl (C=O) groups is 2. The lowest BCUT2D eigenvalue weighted by Crippen LogP contribution is -2.51. The first-order valence-corrected chi connectivity index (χ1v) is 11.1. The van der Waals surface area contributed by atoms with Gasteiger partial charge in [-0.2, -0.15) is 0 Å². The van der Waals surface area contributed by atoms with Gasteiger partial charge in [0, 0.05) is 12.6 Å². The molecule has 0 aliphatic rings. The van der Waals surface area contributed by atoms with Gasteiger partial charge in [-0.3, -0.25) is 9.59 Å². The smallest absolute Gasteiger partial charge is 0.243 e. The highest BCUT2D eigenvalue weighted by molar-refractivity contribution is 6.42. The number of benzene rings is 2. The highest BCUT2D eigenvalue weighted by Gasteiger charge is 2.29. The molecule has 0 unspecified atom stereocenters. The van der Waals surface area contributed by atoms with Gasteiger partial charge in [-0.15, -0.1) is 0 Å². The van der Waals surface area contributed by atoms with E-state index in [1.165, 1.54) is 0 Å². The topological polar surface area (TPSA) is 49.4 Å². The number of halogens is 2. The molecule has 2 aromatic carbocycles. The molecule has 2 amide bonds. The van der Waals surface area contributed by atoms with E-state index in [2.05, 4.69) is 5.32 Å². The van der Waals surface area contributed by atoms with Crippen molar-refractivity contribution in [3.05, 3.63) is 69.2 Å². The molecule has 0 saturated carbocycles. The summed E-state index contributed by atoms with van der Waals surface area (Å²) in [5, 5.41) is 3.90. The largest absolute Gasteiger partial charge is 0.352 e. The van der Waals surface area contributed by atoms with Crippen molar-refractivity contribution in [3.63, 3.8) is 0 Å². The summed E-state index contributed by atoms with van der Waals surface area (Å²) in [5.41, 5.74) is 2.85. The van der Waals surface area contributed by atoms with Crippen LogP contribution in [0.2, 0.25) is 10.0 Å². The van der Waals surface area contributed by atoms with E-state index in [0.717, 1.165) is 23.1 Å². The molecule has 162 valence electrons. The molecule has 0 spiro atoms. The van der Waals surface area contributed by atoms with Gasteiger partial charge in [0.1, 0.15) is 6.04 Å². The molecule has 2 aromatic rings. The molecule has 0 saturated heterocycles. The summed E-state index contributed by atoms with van der Waals surface area (Å²) in [4.78, 5) is 27.9. The molecule has 4 nitrogen and oxygen atoms in total. The number of nitrogens with one attached hydrogen (secondary N) is 1. The van der Waals surface area contributed by atoms with Gasteiger partial charge in [0.15, 0.2) is 0 Å². The summed E-state index contributed by atoms with van der Waals surface area (Å²) in [6.45, 7) is 8.18. The Hall–Kier alpha value is -2.04. The SMILES string of the molecule is CC[C@H](C(=O)N[C@@H](C)CC)N(Cc1ccc(Cl)c(Cl)c1)C(=O)Cc1cccc(C)c1. The van der Waals surface area contributed by atoms with Gasteiger partial charge in [-0.25, -0.2) is 0 Å². The lowest BCUT2D eigenvalue weighted by molar-refractivity contribution is -0.141. The molecular formula is C24H30Cl2N2O2. The van der Waals surface area contributed by atoms with Crippen LogP contribution in [0.5, 0.6) is 0 Å². The van der Waals surface area contributed by atoms with Gasteiger partial charge in [0.05, 0.1) is 16.5 Å². The molecule has 0 aromatic heterocycles. The number of rotatable bonds is 9. The lowest BCUT2D eigenvalue weighted by Gasteiger charge is -2.31. The number of aryl methyl sites for hydroxylation is 1. The van der Waals surface area contributed by atoms with Crippen molar-refractivity contribution in [1.82, 2.24) is 10.2 Å². The minimum Gasteiger partial charge on any atom is -0.352 e. The first-order chi connectivity index (χ1) is 14.2. The van der Waals surface area contributed by atoms with Gasteiger partial charge < -0.3 is 10.2 Å². The van der Waals surface area contributed by atoms with Crippen LogP contribution in [0.15, 0.2) is 42.5 Å². The molecule has 1 N–H and O–H groups in total. The predicted octanol–water partition coefficient (Wildman–Crippen LogP) is 5.57. The molecule has 0 radical (unpaired) electrons. The van der Waals surface area contributed by atoms with E-state index in [4.69, 9.17) is 23.2 Å². The van der Waals surface area contributed by atoms with Crippen LogP contribution in [-0.2, 0) is 22.6 Å². The third-order valence-corrected chi connectivity index (χ3v) is 5.90. The predicted molar refractivity (Wildman–Crippen MR) is 124 cm³/mol. The Bertz CT molecular complexity index is 885. The zero-order chi connectivity index (χ0) is 22.3. The Balaban J connectivity index is 2.32. The number of amides is 2. The molecular weight excluding hydrogens is 419 g/mol. The van der Waals surface area contributed by atoms with Gasteiger partial charge in [0.2, 0.25) is 11.8 Å². The van der Waals surface area contributed by atoms with Crippen molar-refractivity contribution in [2.24, 2.45) is 0 Å². The number of hydrogen-bond acceptors (Lipinski definition) is 2. The van der Waals surface area contributed by atoms with E-state index >= 15 is 0 Å². The summed E-state index contributed by atoms with van der Waals surface area (Å²) in [5.74, 6) is -0.234. The monoisotopic (exact) mass is 448 g/mol. The average molecular weight is 449 g/mol. The molecule has 0 heterocycles. The van der Waals surface area contributed by atoms with Gasteiger partial charge in [0.25, 0.3) is 0 Å². The molecule has 0 aliphatic heterocycles. The molecule has 6 heteroatoms. The number of nitrogens with zero attached hydrogens (tertiary/aromatic N) is 1. The zero-order valence-corrected chi connectivity index (χ0v) is 19.6. The molecule has 0 fully saturated rings. The molecule has 0 aliphatic carbocycles. The second-order valence-electron chi connectivity index (χ2n) is 7.68. The minimum absolute atomic E-state index is 0.0465. The summed E-state index contributed by atoms with van der Waals surface area (Å²) in [6.07, 6.45) is 1.57. The van der Waals surface area contributed by atoms with E-state index < -0.39 is 6.04 Å². The van der Waals surface area contributed by atoms with Crippen molar-refractivity contribution in [3.8, 4) is 0 Å². The van der Waals surface area contributed by atoms with Crippen LogP contribution < -0.4 is 5.32 Å². The third-order valence-electron chi connectivity index (χ3n) is 5.16. The van der Waals surface area contributed by atoms with Crippen LogP contribution in [-0.4, -0.2) is 28.8 Å². The lowest BCUT2D eigenvalue weighted by atomic mass is 10.0. The van der Waals surface area contributed by atoms with Crippen molar-refractivity contribution >= 4 is 35.0 Å². The van der Waals surface area contributed by atoms with Crippen LogP contribution in [0.1, 0.15) is 50.3 Å². The first kappa shape index (κ1) is 24.2. The van der Waals surface area contributed by atoms with Crippen molar-refractivity contribution in [2.45, 2.75) is 65.6 Å². The fourth-order valence-electron chi connectivity index (χ4n) is 3.29. The van der Waals surface area contributed by atoms with Crippen LogP contribution >= 0.6 is 23.2 Å². The van der Waals surface area contributed by atoms with Crippen molar-refractivity contribution in [1.29, 1.82) is 0 Å². The molecule has 30 heavy (non-hydrogen) atoms. The number of carbonyl (C=O) groups excluding carboxylic acids is 2. The Kier molecular flexibility index (Phi) is 9.19. The van der Waals surface area contributed by atoms with E-state index in [1.807, 2.05) is 58.0 Å². The highest BCUT2D eigenvalue weighted by atomic mass is 35.5. The standard InChI is InChI=1S/C24H30Cl2N2O2/c1-5-17(4)27-24(30)22(6-2)28(15-19-10-11-20(25)21(26)13-19)23(29)14-18-9-7-8-16(3)12-18/h7-13,17,22H,5-6,14-15H2,1-4H3,(H,27,30)/t17-,22+/m0/s1. The maximum Gasteiger partial charge on any atom is 0.243 e. The normalized spacial score (nSPS) is 12.9. The highest BCUT2D eigenvalue weighted by Crippen LogP contribution is 2.24. The molecule has 0 bridgehead atoms. The number of hydrogen-bond donors (Lipinski definition) is 1. The van der Waals surface area contributed by atoms with E-state index in [1.54, 1.807) is 17.0 Å². The second-order valence-corrected chi connectivity index (χ2v) is 8.49. The Morgan fingerprint density at radius 2 is 1.73 bits per heavy atom. The summed E-state index contributed by atoms with van der Waals surface area (Å²) >= 11 is 12.2. The van der Waals surface area contributed by atoms with Crippen LogP contribution in [0.3, 0.4) is 0 Å². The van der Waals surface area contributed by atoms with Gasteiger partial charge >= 0.3 is 0 Å².